The number of aryl methyl sites for hydroxylation is 1. The van der Waals surface area contributed by atoms with Crippen molar-refractivity contribution < 1.29 is 14.6 Å². The monoisotopic (exact) mass is 558 g/mol. The summed E-state index contributed by atoms with van der Waals surface area (Å²) in [7, 11) is 1.82. The van der Waals surface area contributed by atoms with Crippen LogP contribution >= 0.6 is 0 Å². The molecule has 3 unspecified atom stereocenters. The van der Waals surface area contributed by atoms with Gasteiger partial charge in [-0.15, -0.1) is 0 Å². The van der Waals surface area contributed by atoms with Gasteiger partial charge in [0, 0.05) is 37.7 Å². The summed E-state index contributed by atoms with van der Waals surface area (Å²) in [5.74, 6) is -0.0433. The standard InChI is InChI=1S/C31H38N6O4/c1-17-23(13-33-36(17)16-31(3,4)39)27-25-21-7-6-19(15-41-20-8-10-40-11-9-20)12-22(21)18(2)37-28-24(35(5)30(37)38)14-32-29(34-27)26(25)28/h6-7,12-14,17-18,20,23,39H,8-11,15-16H2,1-5H3,(H,32,34). The van der Waals surface area contributed by atoms with Gasteiger partial charge in [0.15, 0.2) is 0 Å². The molecule has 1 saturated heterocycles. The number of pyridine rings is 1. The summed E-state index contributed by atoms with van der Waals surface area (Å²) < 4.78 is 15.4. The van der Waals surface area contributed by atoms with Gasteiger partial charge >= 0.3 is 5.69 Å². The Kier molecular flexibility index (Phi) is 6.15. The number of fused-ring (bicyclic) bond motifs is 2. The van der Waals surface area contributed by atoms with E-state index in [1.165, 1.54) is 0 Å². The van der Waals surface area contributed by atoms with E-state index in [2.05, 4.69) is 37.0 Å². The Morgan fingerprint density at radius 2 is 2.00 bits per heavy atom. The molecule has 10 nitrogen and oxygen atoms in total. The van der Waals surface area contributed by atoms with Crippen molar-refractivity contribution in [3.8, 4) is 11.1 Å². The number of imidazole rings is 1. The van der Waals surface area contributed by atoms with Crippen molar-refractivity contribution >= 4 is 28.3 Å². The maximum Gasteiger partial charge on any atom is 0.329 e. The molecule has 4 aromatic rings. The van der Waals surface area contributed by atoms with Gasteiger partial charge in [0.1, 0.15) is 5.65 Å². The molecule has 1 aromatic carbocycles. The van der Waals surface area contributed by atoms with Gasteiger partial charge in [0.05, 0.1) is 65.5 Å². The van der Waals surface area contributed by atoms with Gasteiger partial charge in [-0.1, -0.05) is 18.2 Å². The minimum Gasteiger partial charge on any atom is -0.389 e. The molecule has 0 amide bonds. The molecule has 6 heterocycles. The second-order valence-corrected chi connectivity index (χ2v) is 12.5. The highest BCUT2D eigenvalue weighted by Crippen LogP contribution is 2.47. The number of β-amino-alcohol motifs (C(OH)–C–C–N with tert-alkyl or cyclic N) is 1. The van der Waals surface area contributed by atoms with E-state index >= 15 is 0 Å². The summed E-state index contributed by atoms with van der Waals surface area (Å²) in [4.78, 5) is 22.1. The first-order valence-corrected chi connectivity index (χ1v) is 14.6. The Labute approximate surface area is 238 Å². The first-order valence-electron chi connectivity index (χ1n) is 14.6. The van der Waals surface area contributed by atoms with E-state index in [0.29, 0.717) is 13.2 Å². The molecule has 0 aliphatic carbocycles. The topological polar surface area (TPSA) is 110 Å². The van der Waals surface area contributed by atoms with Gasteiger partial charge in [-0.3, -0.25) is 14.1 Å². The fraction of sp³-hybridized carbons (Fsp3) is 0.516. The molecule has 41 heavy (non-hydrogen) atoms. The summed E-state index contributed by atoms with van der Waals surface area (Å²) in [6, 6.07) is 6.38. The van der Waals surface area contributed by atoms with Crippen LogP contribution in [0.5, 0.6) is 0 Å². The van der Waals surface area contributed by atoms with Gasteiger partial charge < -0.3 is 19.6 Å². The number of aromatic amines is 1. The normalized spacial score (nSPS) is 22.8. The number of aromatic nitrogens is 4. The average Bonchev–Trinajstić information content (AvgIpc) is 3.55. The van der Waals surface area contributed by atoms with Crippen LogP contribution in [-0.4, -0.2) is 72.9 Å². The van der Waals surface area contributed by atoms with Gasteiger partial charge in [-0.25, -0.2) is 9.78 Å². The van der Waals surface area contributed by atoms with Crippen LogP contribution in [0.2, 0.25) is 0 Å². The van der Waals surface area contributed by atoms with Crippen molar-refractivity contribution in [2.24, 2.45) is 12.1 Å². The van der Waals surface area contributed by atoms with Crippen LogP contribution < -0.4 is 5.69 Å². The van der Waals surface area contributed by atoms with Crippen molar-refractivity contribution in [2.45, 2.75) is 76.9 Å². The van der Waals surface area contributed by atoms with Gasteiger partial charge in [-0.2, -0.15) is 5.10 Å². The van der Waals surface area contributed by atoms with E-state index in [9.17, 15) is 9.90 Å². The van der Waals surface area contributed by atoms with E-state index in [1.54, 1.807) is 24.6 Å². The lowest BCUT2D eigenvalue weighted by Gasteiger charge is -2.30. The summed E-state index contributed by atoms with van der Waals surface area (Å²) >= 11 is 0. The van der Waals surface area contributed by atoms with E-state index in [4.69, 9.17) is 19.6 Å². The Morgan fingerprint density at radius 1 is 1.22 bits per heavy atom. The Hall–Kier alpha value is -3.47. The molecule has 2 N–H and O–H groups in total. The van der Waals surface area contributed by atoms with Crippen LogP contribution in [0, 0.1) is 0 Å². The molecule has 3 aliphatic rings. The van der Waals surface area contributed by atoms with Gasteiger partial charge in [-0.05, 0) is 57.2 Å². The summed E-state index contributed by atoms with van der Waals surface area (Å²) in [5.41, 5.74) is 6.92. The molecule has 3 aliphatic heterocycles. The number of nitrogens with zero attached hydrogens (tertiary/aromatic N) is 5. The Bertz CT molecular complexity index is 1740. The van der Waals surface area contributed by atoms with Crippen molar-refractivity contribution in [1.29, 1.82) is 0 Å². The number of benzene rings is 1. The molecular weight excluding hydrogens is 520 g/mol. The average molecular weight is 559 g/mol. The Balaban J connectivity index is 1.39. The zero-order chi connectivity index (χ0) is 28.6. The smallest absolute Gasteiger partial charge is 0.329 e. The molecule has 0 spiro atoms. The third-order valence-corrected chi connectivity index (χ3v) is 9.02. The highest BCUT2D eigenvalue weighted by molar-refractivity contribution is 6.12. The Morgan fingerprint density at radius 3 is 2.76 bits per heavy atom. The number of nitrogens with one attached hydrogen (secondary N) is 1. The lowest BCUT2D eigenvalue weighted by molar-refractivity contribution is -0.0390. The van der Waals surface area contributed by atoms with E-state index in [0.717, 1.165) is 76.1 Å². The van der Waals surface area contributed by atoms with E-state index < -0.39 is 5.60 Å². The quantitative estimate of drug-likeness (QED) is 0.370. The highest BCUT2D eigenvalue weighted by atomic mass is 16.5. The van der Waals surface area contributed by atoms with Crippen molar-refractivity contribution in [3.63, 3.8) is 0 Å². The molecule has 1 fully saturated rings. The first kappa shape index (κ1) is 26.4. The number of hydrogen-bond donors (Lipinski definition) is 2. The molecule has 3 aromatic heterocycles. The SMILES string of the molecule is CC1C(c2[nH]c3ncc4c5c3c2-c2ccc(COC3CCOCC3)cc2C(C)n5c(=O)n4C)C=NN1CC(C)(C)O. The number of rotatable bonds is 6. The largest absolute Gasteiger partial charge is 0.389 e. The number of ether oxygens (including phenoxy) is 2. The molecule has 3 atom stereocenters. The molecule has 0 radical (unpaired) electrons. The van der Waals surface area contributed by atoms with Crippen LogP contribution in [-0.2, 0) is 23.1 Å². The van der Waals surface area contributed by atoms with Crippen LogP contribution in [0.1, 0.15) is 69.3 Å². The summed E-state index contributed by atoms with van der Waals surface area (Å²) in [5, 5.41) is 18.1. The van der Waals surface area contributed by atoms with Gasteiger partial charge in [0.25, 0.3) is 0 Å². The third-order valence-electron chi connectivity index (χ3n) is 9.02. The predicted octanol–water partition coefficient (Wildman–Crippen LogP) is 4.05. The van der Waals surface area contributed by atoms with Gasteiger partial charge in [0.2, 0.25) is 0 Å². The molecular formula is C31H38N6O4. The summed E-state index contributed by atoms with van der Waals surface area (Å²) in [6.45, 7) is 10.3. The molecule has 7 rings (SSSR count). The third kappa shape index (κ3) is 4.23. The zero-order valence-corrected chi connectivity index (χ0v) is 24.3. The number of hydrogen-bond acceptors (Lipinski definition) is 7. The number of aliphatic hydroxyl groups is 1. The fourth-order valence-electron chi connectivity index (χ4n) is 6.83. The summed E-state index contributed by atoms with van der Waals surface area (Å²) in [6.07, 6.45) is 5.80. The number of H-pyrrole nitrogens is 1. The lowest BCUT2D eigenvalue weighted by Crippen LogP contribution is -2.39. The number of hydrazone groups is 1. The van der Waals surface area contributed by atoms with Crippen LogP contribution in [0.3, 0.4) is 0 Å². The second-order valence-electron chi connectivity index (χ2n) is 12.5. The minimum absolute atomic E-state index is 0.0236. The maximum absolute atomic E-state index is 13.7. The molecule has 0 bridgehead atoms. The van der Waals surface area contributed by atoms with Crippen LogP contribution in [0.15, 0.2) is 34.3 Å². The first-order chi connectivity index (χ1) is 19.6. The van der Waals surface area contributed by atoms with E-state index in [1.807, 2.05) is 22.8 Å². The van der Waals surface area contributed by atoms with Crippen molar-refractivity contribution in [2.75, 3.05) is 19.8 Å². The van der Waals surface area contributed by atoms with Crippen molar-refractivity contribution in [1.82, 2.24) is 24.1 Å². The maximum atomic E-state index is 13.7. The van der Waals surface area contributed by atoms with Crippen molar-refractivity contribution in [3.05, 3.63) is 51.7 Å². The fourth-order valence-corrected chi connectivity index (χ4v) is 6.83. The minimum atomic E-state index is -0.869. The highest BCUT2D eigenvalue weighted by Gasteiger charge is 2.37. The van der Waals surface area contributed by atoms with Crippen LogP contribution in [0.4, 0.5) is 0 Å². The van der Waals surface area contributed by atoms with Crippen LogP contribution in [0.25, 0.3) is 33.2 Å². The molecule has 0 saturated carbocycles. The zero-order valence-electron chi connectivity index (χ0n) is 24.3. The van der Waals surface area contributed by atoms with E-state index in [-0.39, 0.29) is 29.8 Å². The molecule has 216 valence electrons. The predicted molar refractivity (Wildman–Crippen MR) is 158 cm³/mol. The molecule has 10 heteroatoms. The second kappa shape index (κ2) is 9.54. The lowest BCUT2D eigenvalue weighted by atomic mass is 9.88.